The molecule has 1 aromatic carbocycles. The average Bonchev–Trinajstić information content (AvgIpc) is 2.92. The fourth-order valence-corrected chi connectivity index (χ4v) is 2.73. The van der Waals surface area contributed by atoms with Gasteiger partial charge in [-0.25, -0.2) is 0 Å². The highest BCUT2D eigenvalue weighted by Gasteiger charge is 2.14. The smallest absolute Gasteiger partial charge is 0.119 e. The van der Waals surface area contributed by atoms with E-state index in [2.05, 4.69) is 6.07 Å². The Kier molecular flexibility index (Phi) is 5.37. The number of ether oxygens (including phenoxy) is 2. The molecule has 0 saturated carbocycles. The first-order chi connectivity index (χ1) is 8.88. The molecule has 4 heteroatoms. The lowest BCUT2D eigenvalue weighted by Gasteiger charge is -2.09. The maximum atomic E-state index is 8.67. The van der Waals surface area contributed by atoms with Crippen LogP contribution < -0.4 is 4.74 Å². The topological polar surface area (TPSA) is 42.2 Å². The SMILES string of the molecule is N#Cc1ccc(OCCSCC2CCCO2)cc1. The molecular weight excluding hydrogens is 246 g/mol. The van der Waals surface area contributed by atoms with E-state index in [4.69, 9.17) is 14.7 Å². The summed E-state index contributed by atoms with van der Waals surface area (Å²) < 4.78 is 11.2. The van der Waals surface area contributed by atoms with Crippen molar-refractivity contribution in [3.8, 4) is 11.8 Å². The predicted octanol–water partition coefficient (Wildman–Crippen LogP) is 2.85. The van der Waals surface area contributed by atoms with Crippen molar-refractivity contribution in [2.45, 2.75) is 18.9 Å². The monoisotopic (exact) mass is 263 g/mol. The van der Waals surface area contributed by atoms with E-state index in [-0.39, 0.29) is 0 Å². The molecule has 0 N–H and O–H groups in total. The average molecular weight is 263 g/mol. The standard InChI is InChI=1S/C14H17NO2S/c15-10-12-3-5-13(6-4-12)17-8-9-18-11-14-2-1-7-16-14/h3-6,14H,1-2,7-9,11H2. The van der Waals surface area contributed by atoms with Crippen LogP contribution in [0.5, 0.6) is 5.75 Å². The Balaban J connectivity index is 1.58. The molecule has 1 aromatic rings. The number of hydrogen-bond acceptors (Lipinski definition) is 4. The molecule has 2 rings (SSSR count). The van der Waals surface area contributed by atoms with E-state index >= 15 is 0 Å². The molecule has 0 amide bonds. The molecule has 1 aliphatic heterocycles. The van der Waals surface area contributed by atoms with Gasteiger partial charge in [-0.2, -0.15) is 17.0 Å². The first-order valence-electron chi connectivity index (χ1n) is 6.21. The Labute approximate surface area is 112 Å². The molecule has 1 heterocycles. The quantitative estimate of drug-likeness (QED) is 0.740. The van der Waals surface area contributed by atoms with E-state index in [1.54, 1.807) is 12.1 Å². The number of hydrogen-bond donors (Lipinski definition) is 0. The Hall–Kier alpha value is -1.18. The van der Waals surface area contributed by atoms with E-state index < -0.39 is 0 Å². The molecule has 3 nitrogen and oxygen atoms in total. The fourth-order valence-electron chi connectivity index (χ4n) is 1.83. The largest absolute Gasteiger partial charge is 0.493 e. The van der Waals surface area contributed by atoms with Crippen LogP contribution in [-0.4, -0.2) is 30.8 Å². The molecule has 1 aliphatic rings. The third-order valence-corrected chi connectivity index (χ3v) is 3.87. The number of nitrogens with zero attached hydrogens (tertiary/aromatic N) is 1. The minimum atomic E-state index is 0.449. The molecule has 0 radical (unpaired) electrons. The van der Waals surface area contributed by atoms with E-state index in [1.807, 2.05) is 23.9 Å². The van der Waals surface area contributed by atoms with Gasteiger partial charge >= 0.3 is 0 Å². The van der Waals surface area contributed by atoms with Crippen LogP contribution in [0.3, 0.4) is 0 Å². The van der Waals surface area contributed by atoms with Crippen molar-refractivity contribution in [2.24, 2.45) is 0 Å². The van der Waals surface area contributed by atoms with Gasteiger partial charge in [-0.05, 0) is 37.1 Å². The third-order valence-electron chi connectivity index (χ3n) is 2.81. The van der Waals surface area contributed by atoms with E-state index in [1.165, 1.54) is 12.8 Å². The van der Waals surface area contributed by atoms with E-state index in [0.717, 1.165) is 23.9 Å². The van der Waals surface area contributed by atoms with Crippen LogP contribution >= 0.6 is 11.8 Å². The summed E-state index contributed by atoms with van der Waals surface area (Å²) in [5.41, 5.74) is 0.662. The number of thioether (sulfide) groups is 1. The summed E-state index contributed by atoms with van der Waals surface area (Å²) in [5, 5.41) is 8.67. The molecule has 1 saturated heterocycles. The lowest BCUT2D eigenvalue weighted by atomic mass is 10.2. The second kappa shape index (κ2) is 7.30. The van der Waals surface area contributed by atoms with Crippen molar-refractivity contribution >= 4 is 11.8 Å². The Morgan fingerprint density at radius 3 is 2.89 bits per heavy atom. The van der Waals surface area contributed by atoms with Crippen molar-refractivity contribution in [3.63, 3.8) is 0 Å². The second-order valence-corrected chi connectivity index (χ2v) is 5.34. The lowest BCUT2D eigenvalue weighted by Crippen LogP contribution is -2.10. The summed E-state index contributed by atoms with van der Waals surface area (Å²) in [7, 11) is 0. The molecule has 0 spiro atoms. The summed E-state index contributed by atoms with van der Waals surface area (Å²) in [6, 6.07) is 9.31. The Morgan fingerprint density at radius 2 is 2.22 bits per heavy atom. The zero-order chi connectivity index (χ0) is 12.6. The molecule has 0 bridgehead atoms. The fraction of sp³-hybridized carbons (Fsp3) is 0.500. The van der Waals surface area contributed by atoms with Gasteiger partial charge in [-0.15, -0.1) is 0 Å². The van der Waals surface area contributed by atoms with Crippen molar-refractivity contribution < 1.29 is 9.47 Å². The Bertz CT molecular complexity index is 393. The van der Waals surface area contributed by atoms with Crippen LogP contribution in [0.15, 0.2) is 24.3 Å². The van der Waals surface area contributed by atoms with Crippen LogP contribution in [0.4, 0.5) is 0 Å². The Morgan fingerprint density at radius 1 is 1.39 bits per heavy atom. The predicted molar refractivity (Wildman–Crippen MR) is 73.0 cm³/mol. The maximum Gasteiger partial charge on any atom is 0.119 e. The van der Waals surface area contributed by atoms with Crippen molar-refractivity contribution in [1.82, 2.24) is 0 Å². The third kappa shape index (κ3) is 4.25. The van der Waals surface area contributed by atoms with Crippen LogP contribution in [0.25, 0.3) is 0 Å². The van der Waals surface area contributed by atoms with Crippen LogP contribution in [-0.2, 0) is 4.74 Å². The van der Waals surface area contributed by atoms with Crippen molar-refractivity contribution in [2.75, 3.05) is 24.7 Å². The van der Waals surface area contributed by atoms with E-state index in [9.17, 15) is 0 Å². The number of nitriles is 1. The molecule has 1 unspecified atom stereocenters. The van der Waals surface area contributed by atoms with Gasteiger partial charge in [0.1, 0.15) is 5.75 Å². The minimum Gasteiger partial charge on any atom is -0.493 e. The van der Waals surface area contributed by atoms with Gasteiger partial charge in [0, 0.05) is 18.1 Å². The van der Waals surface area contributed by atoms with Crippen LogP contribution in [0.2, 0.25) is 0 Å². The lowest BCUT2D eigenvalue weighted by molar-refractivity contribution is 0.129. The number of rotatable bonds is 6. The second-order valence-electron chi connectivity index (χ2n) is 4.19. The van der Waals surface area contributed by atoms with E-state index in [0.29, 0.717) is 18.3 Å². The van der Waals surface area contributed by atoms with Gasteiger partial charge in [0.15, 0.2) is 0 Å². The highest BCUT2D eigenvalue weighted by Crippen LogP contribution is 2.17. The van der Waals surface area contributed by atoms with Gasteiger partial charge in [0.2, 0.25) is 0 Å². The van der Waals surface area contributed by atoms with Gasteiger partial charge in [-0.1, -0.05) is 0 Å². The highest BCUT2D eigenvalue weighted by atomic mass is 32.2. The van der Waals surface area contributed by atoms with Crippen molar-refractivity contribution in [1.29, 1.82) is 5.26 Å². The van der Waals surface area contributed by atoms with Crippen LogP contribution in [0, 0.1) is 11.3 Å². The number of benzene rings is 1. The molecule has 1 atom stereocenters. The van der Waals surface area contributed by atoms with Gasteiger partial charge in [-0.3, -0.25) is 0 Å². The van der Waals surface area contributed by atoms with Crippen LogP contribution in [0.1, 0.15) is 18.4 Å². The molecule has 0 aliphatic carbocycles. The summed E-state index contributed by atoms with van der Waals surface area (Å²) in [5.74, 6) is 2.86. The normalized spacial score (nSPS) is 18.5. The maximum absolute atomic E-state index is 8.67. The molecule has 18 heavy (non-hydrogen) atoms. The van der Waals surface area contributed by atoms with Gasteiger partial charge in [0.05, 0.1) is 24.3 Å². The minimum absolute atomic E-state index is 0.449. The molecule has 1 fully saturated rings. The summed E-state index contributed by atoms with van der Waals surface area (Å²) >= 11 is 1.88. The molecule has 0 aromatic heterocycles. The highest BCUT2D eigenvalue weighted by molar-refractivity contribution is 7.99. The summed E-state index contributed by atoms with van der Waals surface area (Å²) in [4.78, 5) is 0. The first-order valence-corrected chi connectivity index (χ1v) is 7.36. The summed E-state index contributed by atoms with van der Waals surface area (Å²) in [6.45, 7) is 1.62. The van der Waals surface area contributed by atoms with Gasteiger partial charge in [0.25, 0.3) is 0 Å². The molecular formula is C14H17NO2S. The zero-order valence-corrected chi connectivity index (χ0v) is 11.1. The van der Waals surface area contributed by atoms with Crippen molar-refractivity contribution in [3.05, 3.63) is 29.8 Å². The summed E-state index contributed by atoms with van der Waals surface area (Å²) in [6.07, 6.45) is 2.85. The van der Waals surface area contributed by atoms with Gasteiger partial charge < -0.3 is 9.47 Å². The molecule has 96 valence electrons. The first kappa shape index (κ1) is 13.3. The zero-order valence-electron chi connectivity index (χ0n) is 10.3.